The Morgan fingerprint density at radius 3 is 2.37 bits per heavy atom. The number of rotatable bonds is 2. The van der Waals surface area contributed by atoms with Gasteiger partial charge in [-0.1, -0.05) is 53.8 Å². The Kier molecular flexibility index (Phi) is 3.75. The Morgan fingerprint density at radius 2 is 1.67 bits per heavy atom. The Bertz CT molecular complexity index is 1190. The molecule has 1 unspecified atom stereocenters. The third kappa shape index (κ3) is 2.38. The van der Waals surface area contributed by atoms with Gasteiger partial charge in [-0.05, 0) is 13.0 Å². The average Bonchev–Trinajstić information content (AvgIpc) is 3.28. The van der Waals surface area contributed by atoms with Gasteiger partial charge in [0.1, 0.15) is 5.70 Å². The number of hydrogen-bond acceptors (Lipinski definition) is 5. The SMILES string of the molecule is Cc1ccc(C2=CN3C(=[N+]=C4C3C(=O)N(C)C(=O)N4C)N2c2ccccc2[O-])cc1. The molecule has 8 heteroatoms. The van der Waals surface area contributed by atoms with Crippen molar-refractivity contribution in [3.05, 3.63) is 65.9 Å². The van der Waals surface area contributed by atoms with Crippen LogP contribution in [0.15, 0.2) is 54.7 Å². The molecule has 0 spiro atoms. The highest BCUT2D eigenvalue weighted by Gasteiger charge is 2.58. The highest BCUT2D eigenvalue weighted by atomic mass is 16.3. The Labute approximate surface area is 173 Å². The van der Waals surface area contributed by atoms with E-state index in [9.17, 15) is 14.7 Å². The average molecular weight is 401 g/mol. The summed E-state index contributed by atoms with van der Waals surface area (Å²) >= 11 is 0. The van der Waals surface area contributed by atoms with Crippen molar-refractivity contribution in [2.75, 3.05) is 19.0 Å². The standard InChI is InChI=1S/C22H19N5O3/c1-13-8-10-14(11-9-13)16-12-26-18-19(24(2)22(30)25(3)20(18)29)23-21(26)27(16)15-6-4-5-7-17(15)28/h4-12,18H,1-3H3. The second-order valence-corrected chi connectivity index (χ2v) is 7.50. The number of amides is 3. The molecule has 1 fully saturated rings. The maximum atomic E-state index is 12.9. The number of likely N-dealkylation sites (N-methyl/N-ethyl adjacent to an activating group) is 2. The number of guanidine groups is 1. The van der Waals surface area contributed by atoms with E-state index in [1.54, 1.807) is 35.0 Å². The first-order valence-electron chi connectivity index (χ1n) is 9.52. The Balaban J connectivity index is 1.71. The summed E-state index contributed by atoms with van der Waals surface area (Å²) in [7, 11) is 3.05. The lowest BCUT2D eigenvalue weighted by Gasteiger charge is -2.30. The third-order valence-electron chi connectivity index (χ3n) is 5.61. The van der Waals surface area contributed by atoms with Gasteiger partial charge < -0.3 is 5.11 Å². The number of nitrogens with zero attached hydrogens (tertiary/aromatic N) is 5. The Morgan fingerprint density at radius 1 is 0.967 bits per heavy atom. The number of fused-ring (bicyclic) bond motifs is 3. The van der Waals surface area contributed by atoms with Crippen molar-refractivity contribution in [1.29, 1.82) is 0 Å². The number of carbonyl (C=O) groups is 2. The molecule has 150 valence electrons. The van der Waals surface area contributed by atoms with Crippen LogP contribution < -0.4 is 14.7 Å². The fourth-order valence-corrected chi connectivity index (χ4v) is 3.95. The van der Waals surface area contributed by atoms with Gasteiger partial charge in [-0.3, -0.25) is 9.69 Å². The summed E-state index contributed by atoms with van der Waals surface area (Å²) in [5, 5.41) is 12.7. The predicted octanol–water partition coefficient (Wildman–Crippen LogP) is 0.917. The van der Waals surface area contributed by atoms with Gasteiger partial charge in [-0.15, -0.1) is 0 Å². The summed E-state index contributed by atoms with van der Waals surface area (Å²) in [4.78, 5) is 31.3. The highest BCUT2D eigenvalue weighted by Crippen LogP contribution is 2.38. The van der Waals surface area contributed by atoms with E-state index in [0.717, 1.165) is 21.7 Å². The van der Waals surface area contributed by atoms with E-state index in [1.807, 2.05) is 37.4 Å². The van der Waals surface area contributed by atoms with E-state index in [-0.39, 0.29) is 11.7 Å². The minimum Gasteiger partial charge on any atom is -0.870 e. The molecule has 2 aromatic rings. The molecule has 0 saturated carbocycles. The number of anilines is 1. The predicted molar refractivity (Wildman–Crippen MR) is 111 cm³/mol. The molecule has 1 atom stereocenters. The lowest BCUT2D eigenvalue weighted by molar-refractivity contribution is -0.267. The monoisotopic (exact) mass is 401 g/mol. The number of aryl methyl sites for hydroxylation is 1. The molecular formula is C22H19N5O3. The number of amidine groups is 1. The van der Waals surface area contributed by atoms with Crippen molar-refractivity contribution in [3.63, 3.8) is 0 Å². The van der Waals surface area contributed by atoms with E-state index >= 15 is 0 Å². The summed E-state index contributed by atoms with van der Waals surface area (Å²) in [6, 6.07) is 13.4. The number of para-hydroxylation sites is 2. The van der Waals surface area contributed by atoms with Crippen molar-refractivity contribution in [3.8, 4) is 5.75 Å². The maximum absolute atomic E-state index is 12.9. The first kappa shape index (κ1) is 18.0. The van der Waals surface area contributed by atoms with Crippen molar-refractivity contribution in [2.24, 2.45) is 0 Å². The zero-order valence-electron chi connectivity index (χ0n) is 16.7. The van der Waals surface area contributed by atoms with Crippen LogP contribution in [-0.2, 0) is 4.79 Å². The molecular weight excluding hydrogens is 382 g/mol. The van der Waals surface area contributed by atoms with Crippen molar-refractivity contribution in [2.45, 2.75) is 13.0 Å². The summed E-state index contributed by atoms with van der Waals surface area (Å²) in [6.45, 7) is 2.00. The molecule has 3 amide bonds. The van der Waals surface area contributed by atoms with Gasteiger partial charge in [0.05, 0.1) is 18.9 Å². The fraction of sp³-hybridized carbons (Fsp3) is 0.182. The molecule has 30 heavy (non-hydrogen) atoms. The number of carbonyl (C=O) groups excluding carboxylic acids is 2. The molecule has 0 bridgehead atoms. The van der Waals surface area contributed by atoms with E-state index in [0.29, 0.717) is 17.5 Å². The van der Waals surface area contributed by atoms with Crippen LogP contribution in [0.25, 0.3) is 5.70 Å². The minimum atomic E-state index is -0.753. The molecule has 8 nitrogen and oxygen atoms in total. The van der Waals surface area contributed by atoms with Gasteiger partial charge in [0.25, 0.3) is 5.91 Å². The van der Waals surface area contributed by atoms with Crippen LogP contribution in [0.3, 0.4) is 0 Å². The molecule has 0 N–H and O–H groups in total. The summed E-state index contributed by atoms with van der Waals surface area (Å²) < 4.78 is 4.63. The first-order valence-corrected chi connectivity index (χ1v) is 9.52. The van der Waals surface area contributed by atoms with Gasteiger partial charge in [-0.2, -0.15) is 0 Å². The summed E-state index contributed by atoms with van der Waals surface area (Å²) in [5.74, 6) is 0.263. The van der Waals surface area contributed by atoms with E-state index in [1.165, 1.54) is 18.0 Å². The normalized spacial score (nSPS) is 20.2. The van der Waals surface area contributed by atoms with Crippen molar-refractivity contribution < 1.29 is 14.7 Å². The smallest absolute Gasteiger partial charge is 0.415 e. The summed E-state index contributed by atoms with van der Waals surface area (Å²) in [5.41, 5.74) is 3.18. The van der Waals surface area contributed by atoms with E-state index in [2.05, 4.69) is 4.67 Å². The fourth-order valence-electron chi connectivity index (χ4n) is 3.95. The molecule has 0 aliphatic carbocycles. The largest absolute Gasteiger partial charge is 0.870 e. The number of imide groups is 1. The number of urea groups is 1. The number of benzene rings is 2. The van der Waals surface area contributed by atoms with Crippen LogP contribution in [0.1, 0.15) is 11.1 Å². The molecule has 2 aromatic carbocycles. The van der Waals surface area contributed by atoms with Crippen LogP contribution in [0.5, 0.6) is 5.75 Å². The molecule has 1 saturated heterocycles. The third-order valence-corrected chi connectivity index (χ3v) is 5.61. The van der Waals surface area contributed by atoms with Gasteiger partial charge in [0, 0.05) is 12.6 Å². The molecule has 3 aliphatic heterocycles. The van der Waals surface area contributed by atoms with Gasteiger partial charge in [0.2, 0.25) is 6.04 Å². The van der Waals surface area contributed by atoms with E-state index < -0.39 is 12.1 Å². The Hall–Kier alpha value is -4.03. The second-order valence-electron chi connectivity index (χ2n) is 7.50. The van der Waals surface area contributed by atoms with Crippen molar-refractivity contribution in [1.82, 2.24) is 19.4 Å². The van der Waals surface area contributed by atoms with Crippen LogP contribution >= 0.6 is 0 Å². The lowest BCUT2D eigenvalue weighted by Crippen LogP contribution is -2.62. The van der Waals surface area contributed by atoms with Crippen LogP contribution in [-0.4, -0.2) is 58.6 Å². The topological polar surface area (TPSA) is 84.3 Å². The zero-order valence-corrected chi connectivity index (χ0v) is 16.7. The van der Waals surface area contributed by atoms with Gasteiger partial charge in [-0.25, -0.2) is 24.2 Å². The minimum absolute atomic E-state index is 0.159. The number of hydrogen-bond donors (Lipinski definition) is 0. The first-order chi connectivity index (χ1) is 14.4. The molecule has 3 heterocycles. The molecule has 5 rings (SSSR count). The molecule has 0 aromatic heterocycles. The van der Waals surface area contributed by atoms with Crippen molar-refractivity contribution >= 4 is 35.1 Å². The summed E-state index contributed by atoms with van der Waals surface area (Å²) in [6.07, 6.45) is 1.82. The quantitative estimate of drug-likeness (QED) is 0.699. The maximum Gasteiger partial charge on any atom is 0.415 e. The van der Waals surface area contributed by atoms with Crippen LogP contribution in [0, 0.1) is 6.92 Å². The second kappa shape index (κ2) is 6.23. The van der Waals surface area contributed by atoms with E-state index in [4.69, 9.17) is 0 Å². The van der Waals surface area contributed by atoms with Gasteiger partial charge in [0.15, 0.2) is 0 Å². The molecule has 0 radical (unpaired) electrons. The highest BCUT2D eigenvalue weighted by molar-refractivity contribution is 6.27. The molecule has 3 aliphatic rings. The van der Waals surface area contributed by atoms with Gasteiger partial charge >= 0.3 is 17.8 Å². The lowest BCUT2D eigenvalue weighted by atomic mass is 10.1. The van der Waals surface area contributed by atoms with Crippen LogP contribution in [0.4, 0.5) is 10.5 Å². The van der Waals surface area contributed by atoms with Crippen LogP contribution in [0.2, 0.25) is 0 Å². The zero-order chi connectivity index (χ0) is 21.2.